The Morgan fingerprint density at radius 1 is 1.17 bits per heavy atom. The van der Waals surface area contributed by atoms with Crippen molar-refractivity contribution in [3.8, 4) is 0 Å². The molecule has 0 nitrogen and oxygen atoms in total. The zero-order valence-electron chi connectivity index (χ0n) is 6.69. The topological polar surface area (TPSA) is 0 Å². The average Bonchev–Trinajstić information content (AvgIpc) is 2.46. The van der Waals surface area contributed by atoms with Gasteiger partial charge in [-0.1, -0.05) is 23.2 Å². The van der Waals surface area contributed by atoms with Crippen molar-refractivity contribution < 1.29 is 0 Å². The van der Waals surface area contributed by atoms with Crippen LogP contribution in [-0.4, -0.2) is 5.38 Å². The number of hydrogen-bond acceptors (Lipinski definition) is 0. The predicted molar refractivity (Wildman–Crippen MR) is 53.8 cm³/mol. The molecule has 0 N–H and O–H groups in total. The Kier molecular flexibility index (Phi) is 2.60. The standard InChI is InChI=1S/C9H11Cl3/c10-7-4-5-1-2-6(3-5)8(11)9(7)12/h5-6,8H,1-4H2. The van der Waals surface area contributed by atoms with Crippen LogP contribution in [0.15, 0.2) is 10.1 Å². The van der Waals surface area contributed by atoms with Crippen molar-refractivity contribution in [3.63, 3.8) is 0 Å². The van der Waals surface area contributed by atoms with Crippen molar-refractivity contribution in [1.82, 2.24) is 0 Å². The Bertz CT molecular complexity index is 222. The second kappa shape index (κ2) is 3.40. The second-order valence-electron chi connectivity index (χ2n) is 3.80. The van der Waals surface area contributed by atoms with Gasteiger partial charge in [-0.15, -0.1) is 11.6 Å². The lowest BCUT2D eigenvalue weighted by molar-refractivity contribution is 0.515. The van der Waals surface area contributed by atoms with Crippen LogP contribution >= 0.6 is 34.8 Å². The van der Waals surface area contributed by atoms with Crippen LogP contribution in [0.1, 0.15) is 25.7 Å². The maximum atomic E-state index is 6.18. The summed E-state index contributed by atoms with van der Waals surface area (Å²) in [6.07, 6.45) is 4.65. The van der Waals surface area contributed by atoms with Crippen molar-refractivity contribution in [1.29, 1.82) is 0 Å². The third-order valence-corrected chi connectivity index (χ3v) is 4.57. The minimum atomic E-state index is -0.0216. The summed E-state index contributed by atoms with van der Waals surface area (Å²) in [7, 11) is 0. The Labute approximate surface area is 87.9 Å². The summed E-state index contributed by atoms with van der Waals surface area (Å²) in [5, 5.41) is 1.47. The van der Waals surface area contributed by atoms with Gasteiger partial charge in [0, 0.05) is 5.03 Å². The van der Waals surface area contributed by atoms with E-state index in [4.69, 9.17) is 34.8 Å². The highest BCUT2D eigenvalue weighted by Crippen LogP contribution is 2.46. The van der Waals surface area contributed by atoms with Gasteiger partial charge >= 0.3 is 0 Å². The van der Waals surface area contributed by atoms with E-state index in [-0.39, 0.29) is 5.38 Å². The molecule has 2 bridgehead atoms. The lowest BCUT2D eigenvalue weighted by Gasteiger charge is -2.15. The lowest BCUT2D eigenvalue weighted by atomic mass is 10.0. The summed E-state index contributed by atoms with van der Waals surface area (Å²) >= 11 is 18.2. The van der Waals surface area contributed by atoms with E-state index < -0.39 is 0 Å². The normalized spacial score (nSPS) is 41.8. The van der Waals surface area contributed by atoms with Crippen LogP contribution in [0.3, 0.4) is 0 Å². The van der Waals surface area contributed by atoms with Gasteiger partial charge in [0.1, 0.15) is 0 Å². The Morgan fingerprint density at radius 3 is 2.67 bits per heavy atom. The number of halogens is 3. The molecule has 0 saturated heterocycles. The quantitative estimate of drug-likeness (QED) is 0.545. The second-order valence-corrected chi connectivity index (χ2v) is 5.13. The van der Waals surface area contributed by atoms with Crippen molar-refractivity contribution in [2.75, 3.05) is 0 Å². The number of allylic oxidation sites excluding steroid dienone is 2. The minimum absolute atomic E-state index is 0.0216. The monoisotopic (exact) mass is 224 g/mol. The molecule has 3 atom stereocenters. The zero-order chi connectivity index (χ0) is 8.72. The van der Waals surface area contributed by atoms with Crippen molar-refractivity contribution in [3.05, 3.63) is 10.1 Å². The fourth-order valence-electron chi connectivity index (χ4n) is 2.27. The van der Waals surface area contributed by atoms with Gasteiger partial charge in [-0.2, -0.15) is 0 Å². The van der Waals surface area contributed by atoms with E-state index in [0.29, 0.717) is 11.0 Å². The van der Waals surface area contributed by atoms with Crippen LogP contribution in [-0.2, 0) is 0 Å². The van der Waals surface area contributed by atoms with Crippen LogP contribution in [0.5, 0.6) is 0 Å². The first kappa shape index (κ1) is 9.18. The highest BCUT2D eigenvalue weighted by atomic mass is 35.5. The maximum Gasteiger partial charge on any atom is 0.0732 e. The molecule has 0 aliphatic heterocycles. The molecule has 3 unspecified atom stereocenters. The first-order valence-electron chi connectivity index (χ1n) is 4.36. The molecule has 2 rings (SSSR count). The molecule has 0 radical (unpaired) electrons. The fourth-order valence-corrected chi connectivity index (χ4v) is 3.28. The van der Waals surface area contributed by atoms with Crippen LogP contribution in [0.4, 0.5) is 0 Å². The molecule has 2 aliphatic carbocycles. The van der Waals surface area contributed by atoms with Gasteiger partial charge in [-0.05, 0) is 37.5 Å². The molecule has 0 amide bonds. The Hall–Kier alpha value is 0.610. The van der Waals surface area contributed by atoms with Gasteiger partial charge in [0.2, 0.25) is 0 Å². The summed E-state index contributed by atoms with van der Waals surface area (Å²) in [6, 6.07) is 0. The van der Waals surface area contributed by atoms with E-state index in [1.165, 1.54) is 19.3 Å². The first-order valence-corrected chi connectivity index (χ1v) is 5.56. The lowest BCUT2D eigenvalue weighted by Crippen LogP contribution is -2.11. The van der Waals surface area contributed by atoms with Gasteiger partial charge < -0.3 is 0 Å². The molecule has 0 aromatic carbocycles. The predicted octanol–water partition coefficient (Wildman–Crippen LogP) is 4.10. The van der Waals surface area contributed by atoms with Crippen LogP contribution in [0.25, 0.3) is 0 Å². The smallest absolute Gasteiger partial charge is 0.0732 e. The molecule has 3 heteroatoms. The van der Waals surface area contributed by atoms with E-state index in [0.717, 1.165) is 17.4 Å². The average molecular weight is 226 g/mol. The van der Waals surface area contributed by atoms with Crippen LogP contribution < -0.4 is 0 Å². The van der Waals surface area contributed by atoms with E-state index >= 15 is 0 Å². The van der Waals surface area contributed by atoms with Gasteiger partial charge in [-0.25, -0.2) is 0 Å². The number of hydrogen-bond donors (Lipinski definition) is 0. The third kappa shape index (κ3) is 1.49. The van der Waals surface area contributed by atoms with Crippen molar-refractivity contribution >= 4 is 34.8 Å². The highest BCUT2D eigenvalue weighted by molar-refractivity contribution is 6.43. The minimum Gasteiger partial charge on any atom is -0.116 e. The van der Waals surface area contributed by atoms with Crippen LogP contribution in [0.2, 0.25) is 0 Å². The van der Waals surface area contributed by atoms with E-state index in [9.17, 15) is 0 Å². The van der Waals surface area contributed by atoms with Gasteiger partial charge in [0.15, 0.2) is 0 Å². The molecule has 1 saturated carbocycles. The Morgan fingerprint density at radius 2 is 1.92 bits per heavy atom. The van der Waals surface area contributed by atoms with Gasteiger partial charge in [0.05, 0.1) is 10.4 Å². The number of rotatable bonds is 0. The number of alkyl halides is 1. The fraction of sp³-hybridized carbons (Fsp3) is 0.778. The van der Waals surface area contributed by atoms with Crippen LogP contribution in [0, 0.1) is 11.8 Å². The molecule has 2 aliphatic rings. The summed E-state index contributed by atoms with van der Waals surface area (Å²) in [4.78, 5) is 0. The third-order valence-electron chi connectivity index (χ3n) is 2.96. The molecule has 12 heavy (non-hydrogen) atoms. The molecule has 68 valence electrons. The van der Waals surface area contributed by atoms with Gasteiger partial charge in [-0.3, -0.25) is 0 Å². The zero-order valence-corrected chi connectivity index (χ0v) is 8.96. The molecule has 0 aromatic rings. The molecule has 0 spiro atoms. The summed E-state index contributed by atoms with van der Waals surface area (Å²) < 4.78 is 0. The maximum absolute atomic E-state index is 6.18. The Balaban J connectivity index is 2.27. The SMILES string of the molecule is ClC1=C(Cl)C(Cl)C2CCC(C1)C2. The van der Waals surface area contributed by atoms with Crippen molar-refractivity contribution in [2.45, 2.75) is 31.1 Å². The first-order chi connectivity index (χ1) is 5.68. The van der Waals surface area contributed by atoms with E-state index in [1.54, 1.807) is 0 Å². The van der Waals surface area contributed by atoms with E-state index in [2.05, 4.69) is 0 Å². The summed E-state index contributed by atoms with van der Waals surface area (Å²) in [6.45, 7) is 0. The molecule has 1 fully saturated rings. The largest absolute Gasteiger partial charge is 0.116 e. The van der Waals surface area contributed by atoms with E-state index in [1.807, 2.05) is 0 Å². The summed E-state index contributed by atoms with van der Waals surface area (Å²) in [5.41, 5.74) is 0. The number of fused-ring (bicyclic) bond motifs is 2. The highest BCUT2D eigenvalue weighted by Gasteiger charge is 2.35. The molecule has 0 aromatic heterocycles. The molecular weight excluding hydrogens is 214 g/mol. The summed E-state index contributed by atoms with van der Waals surface area (Å²) in [5.74, 6) is 1.31. The van der Waals surface area contributed by atoms with Gasteiger partial charge in [0.25, 0.3) is 0 Å². The molecular formula is C9H11Cl3. The van der Waals surface area contributed by atoms with Crippen molar-refractivity contribution in [2.24, 2.45) is 11.8 Å². The molecule has 0 heterocycles.